The Hall–Kier alpha value is -1.95. The van der Waals surface area contributed by atoms with Crippen molar-refractivity contribution in [2.24, 2.45) is 0 Å². The summed E-state index contributed by atoms with van der Waals surface area (Å²) in [6, 6.07) is 10.9. The van der Waals surface area contributed by atoms with E-state index in [1.54, 1.807) is 30.3 Å². The summed E-state index contributed by atoms with van der Waals surface area (Å²) in [5, 5.41) is 0. The number of hydrogen-bond acceptors (Lipinski definition) is 3. The van der Waals surface area contributed by atoms with Gasteiger partial charge in [-0.3, -0.25) is 0 Å². The van der Waals surface area contributed by atoms with E-state index in [4.69, 9.17) is 0 Å². The zero-order valence-electron chi connectivity index (χ0n) is 13.4. The molecule has 0 saturated carbocycles. The minimum Gasteiger partial charge on any atom is -0.371 e. The number of anilines is 1. The molecule has 0 aliphatic carbocycles. The molecule has 1 fully saturated rings. The van der Waals surface area contributed by atoms with E-state index in [1.165, 1.54) is 18.4 Å². The number of sulfone groups is 1. The number of piperidine rings is 1. The number of halogens is 2. The normalized spacial score (nSPS) is 18.6. The predicted molar refractivity (Wildman–Crippen MR) is 90.1 cm³/mol. The lowest BCUT2D eigenvalue weighted by Crippen LogP contribution is -2.34. The summed E-state index contributed by atoms with van der Waals surface area (Å²) in [5.74, 6) is -1.52. The van der Waals surface area contributed by atoms with Crippen molar-refractivity contribution in [3.8, 4) is 0 Å². The maximum Gasteiger partial charge on any atom is 0.175 e. The van der Waals surface area contributed by atoms with Crippen molar-refractivity contribution in [2.75, 3.05) is 24.2 Å². The average Bonchev–Trinajstić information content (AvgIpc) is 2.57. The van der Waals surface area contributed by atoms with Crippen molar-refractivity contribution in [1.82, 2.24) is 0 Å². The highest BCUT2D eigenvalue weighted by molar-refractivity contribution is 7.90. The SMILES string of the molecule is CS(=O)(=O)c1ccc(N2CCCC(c3ccc(F)c(F)c3)C2)cc1. The van der Waals surface area contributed by atoms with Crippen LogP contribution in [0.5, 0.6) is 0 Å². The molecule has 0 bridgehead atoms. The number of benzene rings is 2. The third kappa shape index (κ3) is 3.59. The lowest BCUT2D eigenvalue weighted by atomic mass is 9.90. The van der Waals surface area contributed by atoms with E-state index in [2.05, 4.69) is 4.90 Å². The molecule has 128 valence electrons. The second kappa shape index (κ2) is 6.51. The van der Waals surface area contributed by atoms with Crippen LogP contribution >= 0.6 is 0 Å². The number of rotatable bonds is 3. The topological polar surface area (TPSA) is 37.4 Å². The van der Waals surface area contributed by atoms with Crippen molar-refractivity contribution in [3.63, 3.8) is 0 Å². The fourth-order valence-corrected chi connectivity index (χ4v) is 3.78. The Labute approximate surface area is 140 Å². The van der Waals surface area contributed by atoms with Gasteiger partial charge in [0, 0.05) is 31.0 Å². The molecule has 0 N–H and O–H groups in total. The zero-order chi connectivity index (χ0) is 17.3. The quantitative estimate of drug-likeness (QED) is 0.845. The molecule has 1 unspecified atom stereocenters. The Kier molecular flexibility index (Phi) is 4.58. The van der Waals surface area contributed by atoms with E-state index in [0.717, 1.165) is 30.6 Å². The van der Waals surface area contributed by atoms with Gasteiger partial charge in [0.1, 0.15) is 0 Å². The molecule has 1 aliphatic rings. The van der Waals surface area contributed by atoms with Gasteiger partial charge in [0.2, 0.25) is 0 Å². The summed E-state index contributed by atoms with van der Waals surface area (Å²) in [6.45, 7) is 1.56. The lowest BCUT2D eigenvalue weighted by Gasteiger charge is -2.34. The molecule has 3 nitrogen and oxygen atoms in total. The van der Waals surface area contributed by atoms with Gasteiger partial charge in [0.15, 0.2) is 21.5 Å². The van der Waals surface area contributed by atoms with Crippen molar-refractivity contribution in [2.45, 2.75) is 23.7 Å². The Morgan fingerprint density at radius 3 is 2.38 bits per heavy atom. The minimum absolute atomic E-state index is 0.128. The lowest BCUT2D eigenvalue weighted by molar-refractivity contribution is 0.488. The summed E-state index contributed by atoms with van der Waals surface area (Å²) in [4.78, 5) is 2.45. The Morgan fingerprint density at radius 1 is 1.04 bits per heavy atom. The van der Waals surface area contributed by atoms with Gasteiger partial charge < -0.3 is 4.90 Å². The highest BCUT2D eigenvalue weighted by Crippen LogP contribution is 2.31. The first-order valence-electron chi connectivity index (χ1n) is 7.84. The van der Waals surface area contributed by atoms with E-state index in [1.807, 2.05) is 0 Å². The van der Waals surface area contributed by atoms with Gasteiger partial charge in [0.05, 0.1) is 4.90 Å². The Morgan fingerprint density at radius 2 is 1.75 bits per heavy atom. The van der Waals surface area contributed by atoms with Crippen LogP contribution in [0.1, 0.15) is 24.3 Å². The van der Waals surface area contributed by atoms with E-state index < -0.39 is 21.5 Å². The molecule has 0 aromatic heterocycles. The van der Waals surface area contributed by atoms with E-state index in [-0.39, 0.29) is 5.92 Å². The first-order valence-corrected chi connectivity index (χ1v) is 9.74. The number of hydrogen-bond donors (Lipinski definition) is 0. The molecule has 24 heavy (non-hydrogen) atoms. The van der Waals surface area contributed by atoms with Gasteiger partial charge in [-0.05, 0) is 54.8 Å². The monoisotopic (exact) mass is 351 g/mol. The van der Waals surface area contributed by atoms with Crippen LogP contribution in [0.3, 0.4) is 0 Å². The zero-order valence-corrected chi connectivity index (χ0v) is 14.2. The number of nitrogens with zero attached hydrogens (tertiary/aromatic N) is 1. The van der Waals surface area contributed by atoms with Gasteiger partial charge >= 0.3 is 0 Å². The highest BCUT2D eigenvalue weighted by atomic mass is 32.2. The van der Waals surface area contributed by atoms with Gasteiger partial charge in [0.25, 0.3) is 0 Å². The first kappa shape index (κ1) is 16.9. The van der Waals surface area contributed by atoms with Crippen LogP contribution in [-0.4, -0.2) is 27.8 Å². The first-order chi connectivity index (χ1) is 11.3. The second-order valence-corrected chi connectivity index (χ2v) is 8.24. The van der Waals surface area contributed by atoms with Gasteiger partial charge in [-0.2, -0.15) is 0 Å². The standard InChI is InChI=1S/C18H19F2NO2S/c1-24(22,23)16-7-5-15(6-8-16)21-10-2-3-14(12-21)13-4-9-17(19)18(20)11-13/h4-9,11,14H,2-3,10,12H2,1H3. The molecule has 0 radical (unpaired) electrons. The van der Waals surface area contributed by atoms with Crippen molar-refractivity contribution in [3.05, 3.63) is 59.7 Å². The Balaban J connectivity index is 1.79. The van der Waals surface area contributed by atoms with Crippen LogP contribution in [-0.2, 0) is 9.84 Å². The van der Waals surface area contributed by atoms with Crippen LogP contribution in [0.2, 0.25) is 0 Å². The van der Waals surface area contributed by atoms with Gasteiger partial charge in [-0.1, -0.05) is 6.07 Å². The fourth-order valence-electron chi connectivity index (χ4n) is 3.15. The summed E-state index contributed by atoms with van der Waals surface area (Å²) in [6.07, 6.45) is 3.04. The molecule has 1 atom stereocenters. The van der Waals surface area contributed by atoms with Crippen LogP contribution in [0.4, 0.5) is 14.5 Å². The van der Waals surface area contributed by atoms with E-state index in [9.17, 15) is 17.2 Å². The summed E-state index contributed by atoms with van der Waals surface area (Å²) in [5.41, 5.74) is 1.74. The fraction of sp³-hybridized carbons (Fsp3) is 0.333. The van der Waals surface area contributed by atoms with Gasteiger partial charge in [-0.15, -0.1) is 0 Å². The molecule has 3 rings (SSSR count). The molecule has 2 aromatic rings. The summed E-state index contributed by atoms with van der Waals surface area (Å²) >= 11 is 0. The highest BCUT2D eigenvalue weighted by Gasteiger charge is 2.22. The molecule has 0 amide bonds. The molecule has 1 heterocycles. The molecule has 1 saturated heterocycles. The minimum atomic E-state index is -3.21. The second-order valence-electron chi connectivity index (χ2n) is 6.22. The predicted octanol–water partition coefficient (Wildman–Crippen LogP) is 3.75. The average molecular weight is 351 g/mol. The van der Waals surface area contributed by atoms with Crippen LogP contribution in [0.25, 0.3) is 0 Å². The molecule has 1 aliphatic heterocycles. The van der Waals surface area contributed by atoms with E-state index >= 15 is 0 Å². The van der Waals surface area contributed by atoms with Crippen molar-refractivity contribution >= 4 is 15.5 Å². The maximum absolute atomic E-state index is 13.5. The van der Waals surface area contributed by atoms with Crippen molar-refractivity contribution in [1.29, 1.82) is 0 Å². The third-order valence-electron chi connectivity index (χ3n) is 4.47. The smallest absolute Gasteiger partial charge is 0.175 e. The molecule has 2 aromatic carbocycles. The van der Waals surface area contributed by atoms with E-state index in [0.29, 0.717) is 11.4 Å². The molecule has 6 heteroatoms. The largest absolute Gasteiger partial charge is 0.371 e. The van der Waals surface area contributed by atoms with Crippen LogP contribution < -0.4 is 4.90 Å². The molecular formula is C18H19F2NO2S. The summed E-state index contributed by atoms with van der Waals surface area (Å²) in [7, 11) is -3.21. The maximum atomic E-state index is 13.5. The van der Waals surface area contributed by atoms with Crippen LogP contribution in [0.15, 0.2) is 47.4 Å². The third-order valence-corrected chi connectivity index (χ3v) is 5.59. The summed E-state index contributed by atoms with van der Waals surface area (Å²) < 4.78 is 49.6. The Bertz CT molecular complexity index is 835. The van der Waals surface area contributed by atoms with Crippen LogP contribution in [0, 0.1) is 11.6 Å². The molecular weight excluding hydrogens is 332 g/mol. The van der Waals surface area contributed by atoms with Crippen molar-refractivity contribution < 1.29 is 17.2 Å². The molecule has 0 spiro atoms. The van der Waals surface area contributed by atoms with Gasteiger partial charge in [-0.25, -0.2) is 17.2 Å².